The summed E-state index contributed by atoms with van der Waals surface area (Å²) >= 11 is 0. The number of rotatable bonds is 5. The lowest BCUT2D eigenvalue weighted by molar-refractivity contribution is -0.113. The molecule has 0 amide bonds. The first-order chi connectivity index (χ1) is 9.19. The van der Waals surface area contributed by atoms with Gasteiger partial charge in [-0.1, -0.05) is 30.3 Å². The SMILES string of the molecule is C=CCc1ccccc1C(C=O)N1[C@H](C)CC[C@H]1C. The van der Waals surface area contributed by atoms with Crippen LogP contribution in [0.3, 0.4) is 0 Å². The number of benzene rings is 1. The largest absolute Gasteiger partial charge is 0.301 e. The van der Waals surface area contributed by atoms with Crippen molar-refractivity contribution in [3.8, 4) is 0 Å². The Kier molecular flexibility index (Phi) is 4.54. The van der Waals surface area contributed by atoms with Gasteiger partial charge in [0.05, 0.1) is 6.04 Å². The molecule has 0 N–H and O–H groups in total. The molecule has 1 aliphatic heterocycles. The standard InChI is InChI=1S/C17H23NO/c1-4-7-15-8-5-6-9-16(15)17(12-19)18-13(2)10-11-14(18)3/h4-6,8-9,12-14,17H,1,7,10-11H2,2-3H3/t13-,14-,17?/m1/s1. The minimum atomic E-state index is -0.122. The molecule has 19 heavy (non-hydrogen) atoms. The maximum absolute atomic E-state index is 11.7. The zero-order valence-corrected chi connectivity index (χ0v) is 11.9. The summed E-state index contributed by atoms with van der Waals surface area (Å²) < 4.78 is 0. The van der Waals surface area contributed by atoms with E-state index in [1.807, 2.05) is 18.2 Å². The minimum absolute atomic E-state index is 0.122. The van der Waals surface area contributed by atoms with Gasteiger partial charge in [-0.25, -0.2) is 0 Å². The smallest absolute Gasteiger partial charge is 0.141 e. The lowest BCUT2D eigenvalue weighted by atomic mass is 9.97. The number of hydrogen-bond acceptors (Lipinski definition) is 2. The van der Waals surface area contributed by atoms with Crippen LogP contribution >= 0.6 is 0 Å². The molecule has 0 bridgehead atoms. The predicted octanol–water partition coefficient (Wildman–Crippen LogP) is 3.53. The molecular formula is C17H23NO. The number of likely N-dealkylation sites (tertiary alicyclic amines) is 1. The second-order valence-electron chi connectivity index (χ2n) is 5.50. The van der Waals surface area contributed by atoms with Gasteiger partial charge in [0, 0.05) is 12.1 Å². The van der Waals surface area contributed by atoms with Crippen LogP contribution in [0.15, 0.2) is 36.9 Å². The summed E-state index contributed by atoms with van der Waals surface area (Å²) in [5.74, 6) is 0. The van der Waals surface area contributed by atoms with Crippen molar-refractivity contribution in [2.24, 2.45) is 0 Å². The molecule has 0 radical (unpaired) electrons. The highest BCUT2D eigenvalue weighted by molar-refractivity contribution is 5.63. The average Bonchev–Trinajstić information content (AvgIpc) is 2.74. The summed E-state index contributed by atoms with van der Waals surface area (Å²) in [7, 11) is 0. The van der Waals surface area contributed by atoms with Gasteiger partial charge in [-0.3, -0.25) is 4.90 Å². The van der Waals surface area contributed by atoms with Crippen LogP contribution in [0, 0.1) is 0 Å². The van der Waals surface area contributed by atoms with Crippen LogP contribution in [-0.2, 0) is 11.2 Å². The molecule has 0 spiro atoms. The first-order valence-electron chi connectivity index (χ1n) is 7.10. The van der Waals surface area contributed by atoms with Gasteiger partial charge in [-0.2, -0.15) is 0 Å². The number of carbonyl (C=O) groups is 1. The van der Waals surface area contributed by atoms with Gasteiger partial charge in [0.1, 0.15) is 6.29 Å². The molecule has 2 nitrogen and oxygen atoms in total. The highest BCUT2D eigenvalue weighted by Gasteiger charge is 2.34. The van der Waals surface area contributed by atoms with Crippen LogP contribution in [0.25, 0.3) is 0 Å². The Hall–Kier alpha value is -1.41. The van der Waals surface area contributed by atoms with Crippen LogP contribution in [0.1, 0.15) is 43.9 Å². The van der Waals surface area contributed by atoms with Crippen LogP contribution in [0.5, 0.6) is 0 Å². The molecule has 1 heterocycles. The van der Waals surface area contributed by atoms with E-state index in [9.17, 15) is 4.79 Å². The van der Waals surface area contributed by atoms with Gasteiger partial charge in [-0.15, -0.1) is 6.58 Å². The summed E-state index contributed by atoms with van der Waals surface area (Å²) in [6.07, 6.45) is 6.17. The summed E-state index contributed by atoms with van der Waals surface area (Å²) in [4.78, 5) is 14.0. The first kappa shape index (κ1) is 14.0. The third kappa shape index (κ3) is 2.79. The summed E-state index contributed by atoms with van der Waals surface area (Å²) in [6, 6.07) is 9.05. The molecule has 102 valence electrons. The Morgan fingerprint density at radius 3 is 2.53 bits per heavy atom. The quantitative estimate of drug-likeness (QED) is 0.594. The van der Waals surface area contributed by atoms with E-state index in [4.69, 9.17) is 0 Å². The van der Waals surface area contributed by atoms with E-state index in [1.54, 1.807) is 0 Å². The predicted molar refractivity (Wildman–Crippen MR) is 79.1 cm³/mol. The zero-order chi connectivity index (χ0) is 13.8. The summed E-state index contributed by atoms with van der Waals surface area (Å²) in [5.41, 5.74) is 2.35. The van der Waals surface area contributed by atoms with Gasteiger partial charge >= 0.3 is 0 Å². The van der Waals surface area contributed by atoms with E-state index in [0.29, 0.717) is 12.1 Å². The number of aldehydes is 1. The number of hydrogen-bond donors (Lipinski definition) is 0. The van der Waals surface area contributed by atoms with Crippen molar-refractivity contribution in [3.05, 3.63) is 48.0 Å². The normalized spacial score (nSPS) is 25.2. The van der Waals surface area contributed by atoms with E-state index in [1.165, 1.54) is 18.4 Å². The molecule has 1 aromatic carbocycles. The summed E-state index contributed by atoms with van der Waals surface area (Å²) in [5, 5.41) is 0. The molecule has 0 aliphatic carbocycles. The Balaban J connectivity index is 2.36. The van der Waals surface area contributed by atoms with E-state index in [2.05, 4.69) is 37.5 Å². The minimum Gasteiger partial charge on any atom is -0.301 e. The van der Waals surface area contributed by atoms with Crippen molar-refractivity contribution < 1.29 is 4.79 Å². The topological polar surface area (TPSA) is 20.3 Å². The molecule has 2 heteroatoms. The summed E-state index contributed by atoms with van der Waals surface area (Å²) in [6.45, 7) is 8.24. The molecule has 1 aliphatic rings. The Bertz CT molecular complexity index is 444. The second-order valence-corrected chi connectivity index (χ2v) is 5.50. The van der Waals surface area contributed by atoms with Crippen LogP contribution in [0.2, 0.25) is 0 Å². The Morgan fingerprint density at radius 2 is 1.95 bits per heavy atom. The van der Waals surface area contributed by atoms with Crippen LogP contribution < -0.4 is 0 Å². The molecular weight excluding hydrogens is 234 g/mol. The van der Waals surface area contributed by atoms with Gasteiger partial charge in [0.25, 0.3) is 0 Å². The van der Waals surface area contributed by atoms with Crippen molar-refractivity contribution >= 4 is 6.29 Å². The molecule has 0 aromatic heterocycles. The van der Waals surface area contributed by atoms with Crippen LogP contribution in [0.4, 0.5) is 0 Å². The maximum atomic E-state index is 11.7. The van der Waals surface area contributed by atoms with Gasteiger partial charge < -0.3 is 4.79 Å². The fourth-order valence-corrected chi connectivity index (χ4v) is 3.23. The fraction of sp³-hybridized carbons (Fsp3) is 0.471. The molecule has 2 rings (SSSR count). The second kappa shape index (κ2) is 6.16. The number of carbonyl (C=O) groups excluding carboxylic acids is 1. The molecule has 1 unspecified atom stereocenters. The molecule has 0 saturated carbocycles. The fourth-order valence-electron chi connectivity index (χ4n) is 3.23. The lowest BCUT2D eigenvalue weighted by Crippen LogP contribution is -2.37. The zero-order valence-electron chi connectivity index (χ0n) is 11.9. The van der Waals surface area contributed by atoms with Crippen LogP contribution in [-0.4, -0.2) is 23.3 Å². The highest BCUT2D eigenvalue weighted by Crippen LogP contribution is 2.33. The van der Waals surface area contributed by atoms with Crippen molar-refractivity contribution in [1.29, 1.82) is 0 Å². The van der Waals surface area contributed by atoms with Crippen molar-refractivity contribution in [2.45, 2.75) is 51.2 Å². The van der Waals surface area contributed by atoms with Gasteiger partial charge in [0.2, 0.25) is 0 Å². The van der Waals surface area contributed by atoms with Gasteiger partial charge in [0.15, 0.2) is 0 Å². The molecule has 1 saturated heterocycles. The number of allylic oxidation sites excluding steroid dienone is 1. The van der Waals surface area contributed by atoms with Gasteiger partial charge in [-0.05, 0) is 44.2 Å². The Morgan fingerprint density at radius 1 is 1.32 bits per heavy atom. The molecule has 1 fully saturated rings. The maximum Gasteiger partial charge on any atom is 0.141 e. The highest BCUT2D eigenvalue weighted by atomic mass is 16.1. The van der Waals surface area contributed by atoms with E-state index < -0.39 is 0 Å². The first-order valence-corrected chi connectivity index (χ1v) is 7.10. The lowest BCUT2D eigenvalue weighted by Gasteiger charge is -2.32. The molecule has 1 aromatic rings. The van der Waals surface area contributed by atoms with E-state index in [0.717, 1.165) is 18.3 Å². The Labute approximate surface area is 116 Å². The molecule has 3 atom stereocenters. The van der Waals surface area contributed by atoms with Crippen molar-refractivity contribution in [2.75, 3.05) is 0 Å². The monoisotopic (exact) mass is 257 g/mol. The third-order valence-electron chi connectivity index (χ3n) is 4.21. The van der Waals surface area contributed by atoms with E-state index >= 15 is 0 Å². The van der Waals surface area contributed by atoms with Crippen molar-refractivity contribution in [1.82, 2.24) is 4.90 Å². The average molecular weight is 257 g/mol. The third-order valence-corrected chi connectivity index (χ3v) is 4.21. The number of nitrogens with zero attached hydrogens (tertiary/aromatic N) is 1. The van der Waals surface area contributed by atoms with E-state index in [-0.39, 0.29) is 6.04 Å². The van der Waals surface area contributed by atoms with Crippen molar-refractivity contribution in [3.63, 3.8) is 0 Å².